The van der Waals surface area contributed by atoms with Gasteiger partial charge in [-0.05, 0) is 30.3 Å². The van der Waals surface area contributed by atoms with Crippen LogP contribution < -0.4 is 5.56 Å². The van der Waals surface area contributed by atoms with Gasteiger partial charge in [-0.15, -0.1) is 0 Å². The number of aromatic nitrogens is 2. The summed E-state index contributed by atoms with van der Waals surface area (Å²) in [6.45, 7) is 2.07. The van der Waals surface area contributed by atoms with Gasteiger partial charge in [0.05, 0.1) is 5.69 Å². The SMILES string of the molecule is CCc1cccc2c1N=CC2=Cc1c(O)[nH]c(=S)[nH]c1=O. The van der Waals surface area contributed by atoms with Crippen molar-refractivity contribution in [3.05, 3.63) is 50.0 Å². The number of fused-ring (bicyclic) bond motifs is 1. The molecule has 5 nitrogen and oxygen atoms in total. The van der Waals surface area contributed by atoms with Gasteiger partial charge in [0, 0.05) is 17.4 Å². The fourth-order valence-electron chi connectivity index (χ4n) is 2.35. The molecule has 1 aromatic heterocycles. The molecule has 0 atom stereocenters. The van der Waals surface area contributed by atoms with Crippen molar-refractivity contribution in [2.45, 2.75) is 13.3 Å². The van der Waals surface area contributed by atoms with Crippen molar-refractivity contribution < 1.29 is 5.11 Å². The first-order valence-corrected chi connectivity index (χ1v) is 6.94. The first-order valence-electron chi connectivity index (χ1n) is 6.53. The summed E-state index contributed by atoms with van der Waals surface area (Å²) in [5.74, 6) is -0.246. The van der Waals surface area contributed by atoms with E-state index in [1.807, 2.05) is 18.2 Å². The molecule has 1 aliphatic rings. The molecular weight excluding hydrogens is 286 g/mol. The summed E-state index contributed by atoms with van der Waals surface area (Å²) in [7, 11) is 0. The van der Waals surface area contributed by atoms with Gasteiger partial charge in [0.1, 0.15) is 5.56 Å². The first kappa shape index (κ1) is 13.5. The fraction of sp³-hybridized carbons (Fsp3) is 0.133. The second-order valence-corrected chi connectivity index (χ2v) is 5.10. The van der Waals surface area contributed by atoms with Gasteiger partial charge in [-0.3, -0.25) is 14.8 Å². The molecule has 1 aliphatic heterocycles. The number of aromatic amines is 2. The number of allylic oxidation sites excluding steroid dienone is 1. The normalized spacial score (nSPS) is 14.6. The molecule has 0 unspecified atom stereocenters. The van der Waals surface area contributed by atoms with E-state index in [0.717, 1.165) is 28.8 Å². The van der Waals surface area contributed by atoms with E-state index < -0.39 is 5.56 Å². The minimum Gasteiger partial charge on any atom is -0.494 e. The molecular formula is C15H13N3O2S. The highest BCUT2D eigenvalue weighted by molar-refractivity contribution is 7.71. The number of hydrogen-bond donors (Lipinski definition) is 3. The van der Waals surface area contributed by atoms with Crippen LogP contribution in [0.2, 0.25) is 0 Å². The summed E-state index contributed by atoms with van der Waals surface area (Å²) in [6, 6.07) is 5.94. The second-order valence-electron chi connectivity index (χ2n) is 4.70. The lowest BCUT2D eigenvalue weighted by Gasteiger charge is -2.04. The van der Waals surface area contributed by atoms with E-state index in [9.17, 15) is 9.90 Å². The summed E-state index contributed by atoms with van der Waals surface area (Å²) >= 11 is 4.81. The molecule has 0 spiro atoms. The largest absolute Gasteiger partial charge is 0.494 e. The highest BCUT2D eigenvalue weighted by atomic mass is 32.1. The van der Waals surface area contributed by atoms with Crippen molar-refractivity contribution in [2.24, 2.45) is 4.99 Å². The summed E-state index contributed by atoms with van der Waals surface area (Å²) in [6.07, 6.45) is 4.19. The van der Waals surface area contributed by atoms with Crippen molar-refractivity contribution >= 4 is 35.8 Å². The third-order valence-corrected chi connectivity index (χ3v) is 3.61. The molecule has 0 aliphatic carbocycles. The van der Waals surface area contributed by atoms with Gasteiger partial charge in [0.2, 0.25) is 5.88 Å². The second kappa shape index (κ2) is 5.14. The number of H-pyrrole nitrogens is 2. The maximum atomic E-state index is 11.9. The molecule has 2 aromatic rings. The van der Waals surface area contributed by atoms with Crippen LogP contribution in [0.1, 0.15) is 23.6 Å². The predicted octanol–water partition coefficient (Wildman–Crippen LogP) is 2.96. The molecule has 6 heteroatoms. The van der Waals surface area contributed by atoms with E-state index in [0.29, 0.717) is 0 Å². The molecule has 0 saturated carbocycles. The maximum Gasteiger partial charge on any atom is 0.262 e. The Kier molecular flexibility index (Phi) is 3.31. The number of aromatic hydroxyl groups is 1. The predicted molar refractivity (Wildman–Crippen MR) is 85.8 cm³/mol. The summed E-state index contributed by atoms with van der Waals surface area (Å²) in [4.78, 5) is 21.3. The average molecular weight is 299 g/mol. The minimum atomic E-state index is -0.433. The Balaban J connectivity index is 2.16. The lowest BCUT2D eigenvalue weighted by atomic mass is 10.0. The van der Waals surface area contributed by atoms with E-state index in [4.69, 9.17) is 12.2 Å². The van der Waals surface area contributed by atoms with Gasteiger partial charge < -0.3 is 10.1 Å². The van der Waals surface area contributed by atoms with Gasteiger partial charge in [0.15, 0.2) is 4.77 Å². The monoisotopic (exact) mass is 299 g/mol. The van der Waals surface area contributed by atoms with Gasteiger partial charge in [-0.1, -0.05) is 25.1 Å². The number of para-hydroxylation sites is 1. The van der Waals surface area contributed by atoms with Crippen LogP contribution in [-0.2, 0) is 6.42 Å². The topological polar surface area (TPSA) is 81.2 Å². The number of rotatable bonds is 2. The van der Waals surface area contributed by atoms with Crippen molar-refractivity contribution in [2.75, 3.05) is 0 Å². The van der Waals surface area contributed by atoms with Gasteiger partial charge in [-0.25, -0.2) is 0 Å². The zero-order valence-electron chi connectivity index (χ0n) is 11.3. The zero-order chi connectivity index (χ0) is 15.0. The minimum absolute atomic E-state index is 0.0911. The average Bonchev–Trinajstić information content (AvgIpc) is 2.85. The van der Waals surface area contributed by atoms with Crippen molar-refractivity contribution in [1.29, 1.82) is 0 Å². The van der Waals surface area contributed by atoms with E-state index in [-0.39, 0.29) is 16.2 Å². The van der Waals surface area contributed by atoms with Crippen LogP contribution in [0.3, 0.4) is 0 Å². The van der Waals surface area contributed by atoms with Crippen LogP contribution in [0.15, 0.2) is 28.0 Å². The Bertz CT molecular complexity index is 891. The van der Waals surface area contributed by atoms with Crippen LogP contribution in [0, 0.1) is 4.77 Å². The number of aryl methyl sites for hydroxylation is 1. The van der Waals surface area contributed by atoms with Crippen molar-refractivity contribution in [3.8, 4) is 5.88 Å². The molecule has 3 N–H and O–H groups in total. The van der Waals surface area contributed by atoms with Crippen LogP contribution in [0.25, 0.3) is 11.6 Å². The van der Waals surface area contributed by atoms with Gasteiger partial charge in [-0.2, -0.15) is 0 Å². The third kappa shape index (κ3) is 2.34. The van der Waals surface area contributed by atoms with Crippen LogP contribution in [-0.4, -0.2) is 21.3 Å². The molecule has 0 saturated heterocycles. The quantitative estimate of drug-likeness (QED) is 0.746. The summed E-state index contributed by atoms with van der Waals surface area (Å²) in [5, 5.41) is 9.85. The number of nitrogens with one attached hydrogen (secondary N) is 2. The molecule has 0 amide bonds. The fourth-order valence-corrected chi connectivity index (χ4v) is 2.54. The molecule has 1 aromatic carbocycles. The van der Waals surface area contributed by atoms with Crippen molar-refractivity contribution in [1.82, 2.24) is 9.97 Å². The van der Waals surface area contributed by atoms with E-state index in [1.54, 1.807) is 12.3 Å². The van der Waals surface area contributed by atoms with Gasteiger partial charge >= 0.3 is 0 Å². The molecule has 2 heterocycles. The standard InChI is InChI=1S/C15H13N3O2S/c1-2-8-4-3-5-10-9(7-16-12(8)10)6-11-13(19)17-15(21)18-14(11)20/h3-7H,2H2,1H3,(H3,17,18,19,20,21). The Morgan fingerprint density at radius 3 is 2.90 bits per heavy atom. The highest BCUT2D eigenvalue weighted by Gasteiger charge is 2.16. The number of nitrogens with zero attached hydrogens (tertiary/aromatic N) is 1. The third-order valence-electron chi connectivity index (χ3n) is 3.40. The molecule has 0 radical (unpaired) electrons. The molecule has 0 fully saturated rings. The Hall–Kier alpha value is -2.47. The Morgan fingerprint density at radius 2 is 2.19 bits per heavy atom. The summed E-state index contributed by atoms with van der Waals surface area (Å²) < 4.78 is 0.0911. The maximum absolute atomic E-state index is 11.9. The number of benzene rings is 1. The van der Waals surface area contributed by atoms with Crippen LogP contribution in [0.5, 0.6) is 5.88 Å². The molecule has 0 bridgehead atoms. The number of aliphatic imine (C=N–C) groups is 1. The van der Waals surface area contributed by atoms with Crippen molar-refractivity contribution in [3.63, 3.8) is 0 Å². The Morgan fingerprint density at radius 1 is 1.38 bits per heavy atom. The summed E-state index contributed by atoms with van der Waals surface area (Å²) in [5.41, 5.74) is 3.52. The van der Waals surface area contributed by atoms with Gasteiger partial charge in [0.25, 0.3) is 5.56 Å². The molecule has 3 rings (SSSR count). The Labute approximate surface area is 125 Å². The molecule has 106 valence electrons. The smallest absolute Gasteiger partial charge is 0.262 e. The zero-order valence-corrected chi connectivity index (χ0v) is 12.1. The lowest BCUT2D eigenvalue weighted by molar-refractivity contribution is 0.448. The van der Waals surface area contributed by atoms with E-state index in [2.05, 4.69) is 21.9 Å². The molecule has 21 heavy (non-hydrogen) atoms. The van der Waals surface area contributed by atoms with E-state index >= 15 is 0 Å². The van der Waals surface area contributed by atoms with E-state index in [1.165, 1.54) is 0 Å². The lowest BCUT2D eigenvalue weighted by Crippen LogP contribution is -2.11. The van der Waals surface area contributed by atoms with Crippen LogP contribution in [0.4, 0.5) is 5.69 Å². The number of hydrogen-bond acceptors (Lipinski definition) is 4. The highest BCUT2D eigenvalue weighted by Crippen LogP contribution is 2.35. The van der Waals surface area contributed by atoms with Crippen LogP contribution >= 0.6 is 12.2 Å². The first-order chi connectivity index (χ1) is 10.1.